The molecule has 2 aromatic carbocycles. The molecule has 3 aromatic rings. The topological polar surface area (TPSA) is 479 Å². The van der Waals surface area contributed by atoms with Crippen LogP contribution < -0.4 is 64.6 Å². The molecule has 1 saturated heterocycles. The molecule has 2 heterocycles. The minimum absolute atomic E-state index is 0.0200. The Kier molecular flexibility index (Phi) is 29.1. The highest BCUT2D eigenvalue weighted by Gasteiger charge is 2.38. The Hall–Kier alpha value is -9.48. The van der Waals surface area contributed by atoms with Gasteiger partial charge in [0, 0.05) is 37.7 Å². The van der Waals surface area contributed by atoms with Crippen molar-refractivity contribution in [3.8, 4) is 0 Å². The highest BCUT2D eigenvalue weighted by Crippen LogP contribution is 2.14. The van der Waals surface area contributed by atoms with Crippen LogP contribution >= 0.6 is 0 Å². The van der Waals surface area contributed by atoms with Gasteiger partial charge in [-0.25, -0.2) is 9.78 Å². The van der Waals surface area contributed by atoms with Gasteiger partial charge >= 0.3 is 17.9 Å². The molecule has 4 rings (SSSR count). The SMILES string of the molecule is CC(C)C[C@H](NC(=O)[C@H](Cc1ccccc1)NC(=O)[C@@H](NC(=O)[C@H](Cc1cnc[nH]1)NC(=O)[C@H](CC(=O)O)NC(=O)[C@@H](NC(=O)[C@H](CC(=O)O)NC(=O)[C@@H]1CCCN1)C(C)C)C(C)C)C(=O)N[C@@H](CCCN=C(N)N)C(=O)N[C@@H](Cc1ccccc1)C(=O)O. The van der Waals surface area contributed by atoms with Crippen LogP contribution in [0.15, 0.2) is 78.2 Å². The summed E-state index contributed by atoms with van der Waals surface area (Å²) >= 11 is 0. The number of H-pyrrole nitrogens is 1. The van der Waals surface area contributed by atoms with Crippen molar-refractivity contribution in [2.45, 2.75) is 166 Å². The fraction of sp³-hybridized carbons (Fsp3) is 0.525. The van der Waals surface area contributed by atoms with Crippen molar-refractivity contribution in [1.82, 2.24) is 63.1 Å². The van der Waals surface area contributed by atoms with Gasteiger partial charge in [0.15, 0.2) is 5.96 Å². The fourth-order valence-corrected chi connectivity index (χ4v) is 9.55. The lowest BCUT2D eigenvalue weighted by atomic mass is 9.98. The molecule has 1 aliphatic heterocycles. The van der Waals surface area contributed by atoms with Crippen molar-refractivity contribution in [3.63, 3.8) is 0 Å². The molecule has 486 valence electrons. The monoisotopic (exact) mass is 1240 g/mol. The Morgan fingerprint density at radius 3 is 1.47 bits per heavy atom. The summed E-state index contributed by atoms with van der Waals surface area (Å²) in [7, 11) is 0. The van der Waals surface area contributed by atoms with E-state index in [0.29, 0.717) is 30.5 Å². The molecule has 0 aliphatic carbocycles. The lowest BCUT2D eigenvalue weighted by Crippen LogP contribution is -2.62. The number of aliphatic carboxylic acids is 3. The van der Waals surface area contributed by atoms with Crippen LogP contribution in [-0.2, 0) is 76.8 Å². The highest BCUT2D eigenvalue weighted by molar-refractivity contribution is 6.00. The number of aromatic nitrogens is 2. The summed E-state index contributed by atoms with van der Waals surface area (Å²) in [6, 6.07) is 2.78. The average molecular weight is 1240 g/mol. The van der Waals surface area contributed by atoms with Gasteiger partial charge < -0.3 is 84.9 Å². The van der Waals surface area contributed by atoms with Gasteiger partial charge in [-0.2, -0.15) is 0 Å². The number of guanidine groups is 1. The minimum atomic E-state index is -1.91. The van der Waals surface area contributed by atoms with Crippen molar-refractivity contribution in [1.29, 1.82) is 0 Å². The Balaban J connectivity index is 1.58. The molecular weight excluding hydrogens is 1160 g/mol. The highest BCUT2D eigenvalue weighted by atomic mass is 16.4. The maximum atomic E-state index is 14.6. The third kappa shape index (κ3) is 25.0. The molecule has 1 aromatic heterocycles. The van der Waals surface area contributed by atoms with E-state index in [1.54, 1.807) is 88.4 Å². The van der Waals surface area contributed by atoms with Crippen molar-refractivity contribution >= 4 is 77.0 Å². The van der Waals surface area contributed by atoms with Crippen molar-refractivity contribution in [2.24, 2.45) is 34.2 Å². The number of amides is 9. The smallest absolute Gasteiger partial charge is 0.326 e. The number of carbonyl (C=O) groups excluding carboxylic acids is 9. The van der Waals surface area contributed by atoms with E-state index >= 15 is 0 Å². The van der Waals surface area contributed by atoms with Gasteiger partial charge in [-0.1, -0.05) is 102 Å². The number of carbonyl (C=O) groups is 12. The van der Waals surface area contributed by atoms with E-state index < -0.39 is 156 Å². The van der Waals surface area contributed by atoms with Crippen LogP contribution in [-0.4, -0.2) is 176 Å². The third-order valence-electron chi connectivity index (χ3n) is 14.2. The zero-order valence-electron chi connectivity index (χ0n) is 50.7. The molecule has 89 heavy (non-hydrogen) atoms. The van der Waals surface area contributed by atoms with E-state index in [1.807, 2.05) is 0 Å². The average Bonchev–Trinajstić information content (AvgIpc) is 4.04. The first-order valence-corrected chi connectivity index (χ1v) is 29.4. The summed E-state index contributed by atoms with van der Waals surface area (Å²) < 4.78 is 0. The van der Waals surface area contributed by atoms with Crippen LogP contribution in [0.1, 0.15) is 103 Å². The fourth-order valence-electron chi connectivity index (χ4n) is 9.55. The van der Waals surface area contributed by atoms with Gasteiger partial charge in [-0.3, -0.25) is 57.7 Å². The summed E-state index contributed by atoms with van der Waals surface area (Å²) in [5, 5.41) is 55.4. The Bertz CT molecular complexity index is 2920. The molecular formula is C59H85N15O15. The van der Waals surface area contributed by atoms with Crippen LogP contribution in [0.25, 0.3) is 0 Å². The molecule has 30 nitrogen and oxygen atoms in total. The lowest BCUT2D eigenvalue weighted by molar-refractivity contribution is -0.142. The number of imidazole rings is 1. The second-order valence-electron chi connectivity index (χ2n) is 22.8. The van der Waals surface area contributed by atoms with Crippen LogP contribution in [0, 0.1) is 17.8 Å². The summed E-state index contributed by atoms with van der Waals surface area (Å²) in [5.74, 6) is -14.6. The lowest BCUT2D eigenvalue weighted by Gasteiger charge is -2.29. The summed E-state index contributed by atoms with van der Waals surface area (Å²) in [6.45, 7) is 10.3. The molecule has 1 fully saturated rings. The van der Waals surface area contributed by atoms with E-state index in [2.05, 4.69) is 68.1 Å². The number of hydrogen-bond donors (Lipinski definition) is 16. The number of aromatic amines is 1. The van der Waals surface area contributed by atoms with Crippen LogP contribution in [0.2, 0.25) is 0 Å². The number of rotatable bonds is 37. The molecule has 0 unspecified atom stereocenters. The van der Waals surface area contributed by atoms with Gasteiger partial charge in [0.2, 0.25) is 53.2 Å². The number of nitrogens with zero attached hydrogens (tertiary/aromatic N) is 2. The maximum Gasteiger partial charge on any atom is 0.326 e. The number of nitrogens with one attached hydrogen (secondary N) is 11. The molecule has 9 amide bonds. The van der Waals surface area contributed by atoms with E-state index in [-0.39, 0.29) is 62.6 Å². The Morgan fingerprint density at radius 2 is 0.989 bits per heavy atom. The zero-order chi connectivity index (χ0) is 65.9. The minimum Gasteiger partial charge on any atom is -0.481 e. The maximum absolute atomic E-state index is 14.6. The van der Waals surface area contributed by atoms with Gasteiger partial charge in [0.1, 0.15) is 54.4 Å². The molecule has 0 radical (unpaired) electrons. The van der Waals surface area contributed by atoms with Gasteiger partial charge in [-0.05, 0) is 67.5 Å². The van der Waals surface area contributed by atoms with Crippen molar-refractivity contribution in [2.75, 3.05) is 13.1 Å². The number of benzene rings is 2. The van der Waals surface area contributed by atoms with E-state index in [4.69, 9.17) is 11.5 Å². The first-order valence-electron chi connectivity index (χ1n) is 29.4. The second kappa shape index (κ2) is 36.0. The quantitative estimate of drug-likeness (QED) is 0.0169. The largest absolute Gasteiger partial charge is 0.481 e. The molecule has 30 heteroatoms. The van der Waals surface area contributed by atoms with E-state index in [1.165, 1.54) is 26.4 Å². The molecule has 10 atom stereocenters. The molecule has 1 aliphatic rings. The van der Waals surface area contributed by atoms with Crippen molar-refractivity contribution < 1.29 is 72.9 Å². The zero-order valence-corrected chi connectivity index (χ0v) is 50.7. The number of aliphatic imine (C=N–C) groups is 1. The number of nitrogens with two attached hydrogens (primary N) is 2. The van der Waals surface area contributed by atoms with Crippen LogP contribution in [0.5, 0.6) is 0 Å². The van der Waals surface area contributed by atoms with Gasteiger partial charge in [0.25, 0.3) is 0 Å². The summed E-state index contributed by atoms with van der Waals surface area (Å²) in [5.41, 5.74) is 12.5. The van der Waals surface area contributed by atoms with E-state index in [9.17, 15) is 72.9 Å². The van der Waals surface area contributed by atoms with Crippen LogP contribution in [0.4, 0.5) is 0 Å². The molecule has 18 N–H and O–H groups in total. The number of carboxylic acid groups (broad SMARTS) is 3. The molecule has 0 saturated carbocycles. The third-order valence-corrected chi connectivity index (χ3v) is 14.2. The first kappa shape index (κ1) is 72.0. The van der Waals surface area contributed by atoms with E-state index in [0.717, 1.165) is 0 Å². The standard InChI is InChI=1S/C59H85N15O15/c1-31(2)23-39(51(81)66-38(20-14-22-64-59(60)61)50(80)72-44(58(88)89)25-35-17-11-8-12-18-35)67-52(82)40(24-34-15-9-7-10-16-34)70-56(86)47(32(3)4)73-54(84)41(26-36-29-62-30-65-36)68-53(83)42(27-45(75)76)71-57(87)48(33(5)6)74-55(85)43(28-46(77)78)69-49(79)37-19-13-21-63-37/h7-12,15-18,29-33,37-44,47-48,63H,13-14,19-28H2,1-6H3,(H,62,65)(H,66,81)(H,67,82)(H,68,83)(H,69,79)(H,70,86)(H,71,87)(H,72,80)(H,73,84)(H,74,85)(H,75,76)(H,77,78)(H,88,89)(H4,60,61,64)/t37-,38-,39-,40-,41-,42-,43-,44-,47-,48-/m0/s1. The molecule has 0 bridgehead atoms. The predicted molar refractivity (Wildman–Crippen MR) is 322 cm³/mol. The summed E-state index contributed by atoms with van der Waals surface area (Å²) in [6.07, 6.45) is 1.40. The number of carboxylic acids is 3. The van der Waals surface area contributed by atoms with Gasteiger partial charge in [-0.15, -0.1) is 0 Å². The summed E-state index contributed by atoms with van der Waals surface area (Å²) in [4.78, 5) is 174. The normalized spacial score (nSPS) is 15.9. The predicted octanol–water partition coefficient (Wildman–Crippen LogP) is -2.00. The first-order chi connectivity index (χ1) is 42.1. The van der Waals surface area contributed by atoms with Gasteiger partial charge in [0.05, 0.1) is 25.2 Å². The Morgan fingerprint density at radius 1 is 0.551 bits per heavy atom. The molecule has 0 spiro atoms. The Labute approximate surface area is 514 Å². The number of hydrogen-bond acceptors (Lipinski definition) is 15. The second-order valence-corrected chi connectivity index (χ2v) is 22.8. The van der Waals surface area contributed by atoms with Crippen LogP contribution in [0.3, 0.4) is 0 Å². The van der Waals surface area contributed by atoms with Crippen molar-refractivity contribution in [3.05, 3.63) is 90.0 Å².